The van der Waals surface area contributed by atoms with Crippen LogP contribution in [0.2, 0.25) is 0 Å². The van der Waals surface area contributed by atoms with Gasteiger partial charge in [-0.3, -0.25) is 0 Å². The van der Waals surface area contributed by atoms with Gasteiger partial charge in [-0.15, -0.1) is 0 Å². The number of aromatic amines is 1. The van der Waals surface area contributed by atoms with Gasteiger partial charge in [0.2, 0.25) is 10.0 Å². The highest BCUT2D eigenvalue weighted by molar-refractivity contribution is 7.89. The lowest BCUT2D eigenvalue weighted by molar-refractivity contribution is 0.520. The Labute approximate surface area is 118 Å². The molecule has 2 heterocycles. The third-order valence-electron chi connectivity index (χ3n) is 2.74. The minimum absolute atomic E-state index is 0.180. The van der Waals surface area contributed by atoms with Crippen LogP contribution in [0.1, 0.15) is 5.82 Å². The topological polar surface area (TPSA) is 91.0 Å². The molecule has 108 valence electrons. The van der Waals surface area contributed by atoms with Gasteiger partial charge in [-0.05, 0) is 12.1 Å². The second-order valence-corrected chi connectivity index (χ2v) is 6.53. The fourth-order valence-electron chi connectivity index (χ4n) is 1.59. The molecule has 2 rings (SSSR count). The summed E-state index contributed by atoms with van der Waals surface area (Å²) in [6.07, 6.45) is 5.57. The number of nitrogens with zero attached hydrogens (tertiary/aromatic N) is 3. The molecule has 0 fully saturated rings. The van der Waals surface area contributed by atoms with Crippen molar-refractivity contribution in [3.63, 3.8) is 0 Å². The van der Waals surface area contributed by atoms with Crippen LogP contribution in [0.3, 0.4) is 0 Å². The Morgan fingerprint density at radius 1 is 1.30 bits per heavy atom. The van der Waals surface area contributed by atoms with Crippen molar-refractivity contribution < 1.29 is 8.42 Å². The standard InChI is InChI=1S/C12H17N5O2S/c1-17(2)20(18,19)10-3-4-11(16-9-10)13-6-5-12-14-7-8-15-12/h3-4,7-9H,5-6H2,1-2H3,(H,13,16)(H,14,15). The van der Waals surface area contributed by atoms with E-state index in [0.29, 0.717) is 12.4 Å². The summed E-state index contributed by atoms with van der Waals surface area (Å²) in [5.74, 6) is 1.53. The van der Waals surface area contributed by atoms with E-state index >= 15 is 0 Å². The Morgan fingerprint density at radius 3 is 2.65 bits per heavy atom. The molecule has 0 saturated carbocycles. The van der Waals surface area contributed by atoms with Gasteiger partial charge in [0.05, 0.1) is 0 Å². The molecule has 0 saturated heterocycles. The first-order valence-corrected chi connectivity index (χ1v) is 7.55. The highest BCUT2D eigenvalue weighted by atomic mass is 32.2. The Balaban J connectivity index is 1.95. The van der Waals surface area contributed by atoms with E-state index in [9.17, 15) is 8.42 Å². The molecule has 0 aliphatic heterocycles. The maximum absolute atomic E-state index is 11.9. The Morgan fingerprint density at radius 2 is 2.10 bits per heavy atom. The first-order valence-electron chi connectivity index (χ1n) is 6.11. The predicted molar refractivity (Wildman–Crippen MR) is 75.9 cm³/mol. The lowest BCUT2D eigenvalue weighted by Gasteiger charge is -2.11. The van der Waals surface area contributed by atoms with Crippen LogP contribution >= 0.6 is 0 Å². The number of aromatic nitrogens is 3. The van der Waals surface area contributed by atoms with Gasteiger partial charge in [-0.1, -0.05) is 0 Å². The number of imidazole rings is 1. The van der Waals surface area contributed by atoms with Crippen LogP contribution in [0.5, 0.6) is 0 Å². The van der Waals surface area contributed by atoms with E-state index in [4.69, 9.17) is 0 Å². The van der Waals surface area contributed by atoms with Crippen LogP contribution in [0.25, 0.3) is 0 Å². The molecule has 0 radical (unpaired) electrons. The molecule has 0 atom stereocenters. The fourth-order valence-corrected chi connectivity index (χ4v) is 2.44. The Bertz CT molecular complexity index is 635. The van der Waals surface area contributed by atoms with Crippen LogP contribution in [-0.4, -0.2) is 48.3 Å². The van der Waals surface area contributed by atoms with E-state index in [1.54, 1.807) is 18.5 Å². The van der Waals surface area contributed by atoms with Gasteiger partial charge in [-0.2, -0.15) is 0 Å². The molecule has 7 nitrogen and oxygen atoms in total. The molecule has 2 aromatic rings. The molecule has 0 amide bonds. The summed E-state index contributed by atoms with van der Waals surface area (Å²) < 4.78 is 24.9. The summed E-state index contributed by atoms with van der Waals surface area (Å²) in [7, 11) is -0.440. The summed E-state index contributed by atoms with van der Waals surface area (Å²) in [4.78, 5) is 11.4. The monoisotopic (exact) mass is 295 g/mol. The molecule has 0 bridgehead atoms. The van der Waals surface area contributed by atoms with Crippen LogP contribution in [-0.2, 0) is 16.4 Å². The molecule has 0 aromatic carbocycles. The van der Waals surface area contributed by atoms with E-state index in [1.807, 2.05) is 0 Å². The molecule has 0 aliphatic carbocycles. The molecule has 20 heavy (non-hydrogen) atoms. The third-order valence-corrected chi connectivity index (χ3v) is 4.54. The van der Waals surface area contributed by atoms with Crippen LogP contribution in [0.15, 0.2) is 35.6 Å². The first-order chi connectivity index (χ1) is 9.50. The molecule has 0 unspecified atom stereocenters. The number of hydrogen-bond acceptors (Lipinski definition) is 5. The van der Waals surface area contributed by atoms with E-state index in [1.165, 1.54) is 26.4 Å². The summed E-state index contributed by atoms with van der Waals surface area (Å²) in [6, 6.07) is 3.19. The Kier molecular flexibility index (Phi) is 4.35. The molecule has 2 N–H and O–H groups in total. The summed E-state index contributed by atoms with van der Waals surface area (Å²) in [5.41, 5.74) is 0. The Hall–Kier alpha value is -1.93. The zero-order valence-electron chi connectivity index (χ0n) is 11.4. The second-order valence-electron chi connectivity index (χ2n) is 4.38. The molecule has 8 heteroatoms. The van der Waals surface area contributed by atoms with Crippen LogP contribution in [0.4, 0.5) is 5.82 Å². The zero-order chi connectivity index (χ0) is 14.6. The smallest absolute Gasteiger partial charge is 0.244 e. The van der Waals surface area contributed by atoms with Gasteiger partial charge in [0.1, 0.15) is 16.5 Å². The van der Waals surface area contributed by atoms with Gasteiger partial charge in [-0.25, -0.2) is 22.7 Å². The number of sulfonamides is 1. The predicted octanol–water partition coefficient (Wildman–Crippen LogP) is 0.710. The van der Waals surface area contributed by atoms with Gasteiger partial charge in [0.25, 0.3) is 0 Å². The van der Waals surface area contributed by atoms with Gasteiger partial charge in [0, 0.05) is 45.7 Å². The van der Waals surface area contributed by atoms with Gasteiger partial charge in [0.15, 0.2) is 0 Å². The molecule has 0 spiro atoms. The number of rotatable bonds is 6. The number of anilines is 1. The number of H-pyrrole nitrogens is 1. The quantitative estimate of drug-likeness (QED) is 0.819. The number of pyridine rings is 1. The van der Waals surface area contributed by atoms with Crippen molar-refractivity contribution in [3.8, 4) is 0 Å². The fraction of sp³-hybridized carbons (Fsp3) is 0.333. The molecular formula is C12H17N5O2S. The van der Waals surface area contributed by atoms with Crippen LogP contribution < -0.4 is 5.32 Å². The zero-order valence-corrected chi connectivity index (χ0v) is 12.2. The van der Waals surface area contributed by atoms with Gasteiger partial charge >= 0.3 is 0 Å². The second kappa shape index (κ2) is 6.02. The normalized spacial score (nSPS) is 11.8. The van der Waals surface area contributed by atoms with E-state index < -0.39 is 10.0 Å². The lowest BCUT2D eigenvalue weighted by atomic mass is 10.4. The van der Waals surface area contributed by atoms with E-state index in [-0.39, 0.29) is 4.90 Å². The SMILES string of the molecule is CN(C)S(=O)(=O)c1ccc(NCCc2ncc[nH]2)nc1. The first kappa shape index (κ1) is 14.5. The van der Waals surface area contributed by atoms with Crippen molar-refractivity contribution in [2.45, 2.75) is 11.3 Å². The lowest BCUT2D eigenvalue weighted by Crippen LogP contribution is -2.22. The highest BCUT2D eigenvalue weighted by Crippen LogP contribution is 2.13. The van der Waals surface area contributed by atoms with Crippen LogP contribution in [0, 0.1) is 0 Å². The highest BCUT2D eigenvalue weighted by Gasteiger charge is 2.17. The summed E-state index contributed by atoms with van der Waals surface area (Å²) in [6.45, 7) is 0.667. The summed E-state index contributed by atoms with van der Waals surface area (Å²) >= 11 is 0. The molecular weight excluding hydrogens is 278 g/mol. The largest absolute Gasteiger partial charge is 0.370 e. The molecule has 2 aromatic heterocycles. The van der Waals surface area contributed by atoms with Crippen molar-refractivity contribution in [1.82, 2.24) is 19.3 Å². The van der Waals surface area contributed by atoms with Crippen molar-refractivity contribution in [3.05, 3.63) is 36.5 Å². The summed E-state index contributed by atoms with van der Waals surface area (Å²) in [5, 5.41) is 3.11. The maximum atomic E-state index is 11.9. The molecule has 0 aliphatic rings. The minimum Gasteiger partial charge on any atom is -0.370 e. The van der Waals surface area contributed by atoms with E-state index in [0.717, 1.165) is 16.6 Å². The number of hydrogen-bond donors (Lipinski definition) is 2. The van der Waals surface area contributed by atoms with Gasteiger partial charge < -0.3 is 10.3 Å². The maximum Gasteiger partial charge on any atom is 0.244 e. The minimum atomic E-state index is -3.42. The van der Waals surface area contributed by atoms with Crippen molar-refractivity contribution in [1.29, 1.82) is 0 Å². The van der Waals surface area contributed by atoms with E-state index in [2.05, 4.69) is 20.3 Å². The third kappa shape index (κ3) is 3.34. The van der Waals surface area contributed by atoms with Crippen molar-refractivity contribution in [2.24, 2.45) is 0 Å². The number of nitrogens with one attached hydrogen (secondary N) is 2. The average molecular weight is 295 g/mol. The van der Waals surface area contributed by atoms with Crippen molar-refractivity contribution in [2.75, 3.05) is 26.0 Å². The average Bonchev–Trinajstić information content (AvgIpc) is 2.92. The van der Waals surface area contributed by atoms with Crippen molar-refractivity contribution >= 4 is 15.8 Å².